The van der Waals surface area contributed by atoms with Gasteiger partial charge in [-0.25, -0.2) is 4.68 Å². The minimum absolute atomic E-state index is 0.0223. The fourth-order valence-corrected chi connectivity index (χ4v) is 4.46. The van der Waals surface area contributed by atoms with Crippen molar-refractivity contribution in [3.63, 3.8) is 0 Å². The third kappa shape index (κ3) is 5.11. The highest BCUT2D eigenvalue weighted by Gasteiger charge is 2.27. The van der Waals surface area contributed by atoms with Crippen molar-refractivity contribution in [3.8, 4) is 5.69 Å². The Hall–Kier alpha value is -3.12. The van der Waals surface area contributed by atoms with Crippen LogP contribution in [0.5, 0.6) is 0 Å². The summed E-state index contributed by atoms with van der Waals surface area (Å²) in [5.74, 6) is 0.0150. The number of rotatable bonds is 5. The van der Waals surface area contributed by atoms with Gasteiger partial charge in [0.1, 0.15) is 0 Å². The molecule has 1 N–H and O–H groups in total. The number of aromatic nitrogens is 2. The third-order valence-corrected chi connectivity index (χ3v) is 6.30. The molecule has 7 heteroatoms. The Balaban J connectivity index is 1.42. The van der Waals surface area contributed by atoms with Gasteiger partial charge in [0.05, 0.1) is 23.1 Å². The zero-order chi connectivity index (χ0) is 23.5. The standard InChI is InChI=1S/C26H29ClN4O2/c1-17(2)24-23(16-28-31(24)22-6-4-5-20(27)15-22)25(32)29-21-11-13-30(14-12-21)26(33)19-9-7-18(3)8-10-19/h4-10,15-17,21H,11-14H2,1-3H3,(H,29,32). The molecule has 0 unspecified atom stereocenters. The maximum Gasteiger partial charge on any atom is 0.255 e. The summed E-state index contributed by atoms with van der Waals surface area (Å²) >= 11 is 6.16. The van der Waals surface area contributed by atoms with Crippen molar-refractivity contribution in [2.24, 2.45) is 0 Å². The van der Waals surface area contributed by atoms with E-state index in [0.717, 1.165) is 29.8 Å². The Labute approximate surface area is 199 Å². The quantitative estimate of drug-likeness (QED) is 0.578. The summed E-state index contributed by atoms with van der Waals surface area (Å²) in [6.07, 6.45) is 3.08. The average molecular weight is 465 g/mol. The van der Waals surface area contributed by atoms with Crippen LogP contribution >= 0.6 is 11.6 Å². The van der Waals surface area contributed by atoms with E-state index in [-0.39, 0.29) is 23.8 Å². The van der Waals surface area contributed by atoms with Crippen LogP contribution in [0.25, 0.3) is 5.69 Å². The first-order valence-electron chi connectivity index (χ1n) is 11.3. The molecule has 1 aliphatic rings. The molecule has 4 rings (SSSR count). The topological polar surface area (TPSA) is 67.2 Å². The second-order valence-corrected chi connectivity index (χ2v) is 9.33. The van der Waals surface area contributed by atoms with Crippen LogP contribution in [0.1, 0.15) is 64.6 Å². The molecule has 2 heterocycles. The average Bonchev–Trinajstić information content (AvgIpc) is 3.25. The molecule has 6 nitrogen and oxygen atoms in total. The van der Waals surface area contributed by atoms with E-state index in [1.54, 1.807) is 10.9 Å². The van der Waals surface area contributed by atoms with Gasteiger partial charge in [0.25, 0.3) is 11.8 Å². The third-order valence-electron chi connectivity index (χ3n) is 6.07. The van der Waals surface area contributed by atoms with Gasteiger partial charge in [-0.3, -0.25) is 9.59 Å². The molecule has 0 spiro atoms. The summed E-state index contributed by atoms with van der Waals surface area (Å²) in [7, 11) is 0. The molecule has 33 heavy (non-hydrogen) atoms. The Morgan fingerprint density at radius 3 is 2.42 bits per heavy atom. The van der Waals surface area contributed by atoms with Crippen molar-refractivity contribution >= 4 is 23.4 Å². The minimum Gasteiger partial charge on any atom is -0.349 e. The molecule has 0 atom stereocenters. The first-order chi connectivity index (χ1) is 15.8. The SMILES string of the molecule is Cc1ccc(C(=O)N2CCC(NC(=O)c3cnn(-c4cccc(Cl)c4)c3C(C)C)CC2)cc1. The van der Waals surface area contributed by atoms with Crippen molar-refractivity contribution in [2.75, 3.05) is 13.1 Å². The minimum atomic E-state index is -0.129. The van der Waals surface area contributed by atoms with Gasteiger partial charge in [0.15, 0.2) is 0 Å². The number of amides is 2. The van der Waals surface area contributed by atoms with E-state index in [9.17, 15) is 9.59 Å². The molecular formula is C26H29ClN4O2. The predicted octanol–water partition coefficient (Wildman–Crippen LogP) is 4.99. The van der Waals surface area contributed by atoms with E-state index in [0.29, 0.717) is 29.2 Å². The smallest absolute Gasteiger partial charge is 0.255 e. The van der Waals surface area contributed by atoms with Crippen LogP contribution in [-0.4, -0.2) is 45.6 Å². The highest BCUT2D eigenvalue weighted by Crippen LogP contribution is 2.25. The number of piperidine rings is 1. The second-order valence-electron chi connectivity index (χ2n) is 8.90. The van der Waals surface area contributed by atoms with Crippen LogP contribution in [0.2, 0.25) is 5.02 Å². The van der Waals surface area contributed by atoms with Crippen molar-refractivity contribution < 1.29 is 9.59 Å². The predicted molar refractivity (Wildman–Crippen MR) is 130 cm³/mol. The fourth-order valence-electron chi connectivity index (χ4n) is 4.27. The maximum absolute atomic E-state index is 13.1. The fraction of sp³-hybridized carbons (Fsp3) is 0.346. The Morgan fingerprint density at radius 1 is 1.09 bits per heavy atom. The normalized spacial score (nSPS) is 14.5. The second kappa shape index (κ2) is 9.79. The van der Waals surface area contributed by atoms with E-state index < -0.39 is 0 Å². The van der Waals surface area contributed by atoms with Gasteiger partial charge >= 0.3 is 0 Å². The summed E-state index contributed by atoms with van der Waals surface area (Å²) in [6.45, 7) is 7.34. The van der Waals surface area contributed by atoms with Crippen LogP contribution in [0.3, 0.4) is 0 Å². The number of likely N-dealkylation sites (tertiary alicyclic amines) is 1. The molecule has 0 saturated carbocycles. The summed E-state index contributed by atoms with van der Waals surface area (Å²) in [5, 5.41) is 8.26. The van der Waals surface area contributed by atoms with E-state index in [2.05, 4.69) is 10.4 Å². The molecule has 1 aliphatic heterocycles. The van der Waals surface area contributed by atoms with E-state index in [1.165, 1.54) is 0 Å². The van der Waals surface area contributed by atoms with Gasteiger partial charge in [0.2, 0.25) is 0 Å². The number of nitrogens with zero attached hydrogens (tertiary/aromatic N) is 3. The van der Waals surface area contributed by atoms with Crippen LogP contribution in [0, 0.1) is 6.92 Å². The lowest BCUT2D eigenvalue weighted by atomic mass is 10.0. The Kier molecular flexibility index (Phi) is 6.84. The van der Waals surface area contributed by atoms with Crippen LogP contribution in [-0.2, 0) is 0 Å². The van der Waals surface area contributed by atoms with Crippen molar-refractivity contribution in [3.05, 3.63) is 82.1 Å². The largest absolute Gasteiger partial charge is 0.349 e. The van der Waals surface area contributed by atoms with Crippen LogP contribution in [0.15, 0.2) is 54.7 Å². The Morgan fingerprint density at radius 2 is 1.79 bits per heavy atom. The van der Waals surface area contributed by atoms with Crippen molar-refractivity contribution in [1.29, 1.82) is 0 Å². The molecule has 1 aromatic heterocycles. The lowest BCUT2D eigenvalue weighted by molar-refractivity contribution is 0.0698. The van der Waals surface area contributed by atoms with Gasteiger partial charge in [0, 0.05) is 29.7 Å². The van der Waals surface area contributed by atoms with E-state index >= 15 is 0 Å². The van der Waals surface area contributed by atoms with E-state index in [4.69, 9.17) is 11.6 Å². The Bertz CT molecular complexity index is 1150. The lowest BCUT2D eigenvalue weighted by Gasteiger charge is -2.32. The summed E-state index contributed by atoms with van der Waals surface area (Å²) < 4.78 is 1.79. The van der Waals surface area contributed by atoms with Crippen molar-refractivity contribution in [2.45, 2.75) is 45.6 Å². The van der Waals surface area contributed by atoms with Gasteiger partial charge < -0.3 is 10.2 Å². The summed E-state index contributed by atoms with van der Waals surface area (Å²) in [6, 6.07) is 15.1. The first kappa shape index (κ1) is 23.1. The highest BCUT2D eigenvalue weighted by atomic mass is 35.5. The molecule has 0 aliphatic carbocycles. The van der Waals surface area contributed by atoms with Crippen LogP contribution in [0.4, 0.5) is 0 Å². The van der Waals surface area contributed by atoms with Gasteiger partial charge in [-0.05, 0) is 56.0 Å². The lowest BCUT2D eigenvalue weighted by Crippen LogP contribution is -2.46. The molecule has 1 fully saturated rings. The number of hydrogen-bond donors (Lipinski definition) is 1. The highest BCUT2D eigenvalue weighted by molar-refractivity contribution is 6.30. The van der Waals surface area contributed by atoms with Crippen LogP contribution < -0.4 is 5.32 Å². The number of aryl methyl sites for hydroxylation is 1. The zero-order valence-corrected chi connectivity index (χ0v) is 20.0. The number of benzene rings is 2. The number of hydrogen-bond acceptors (Lipinski definition) is 3. The van der Waals surface area contributed by atoms with E-state index in [1.807, 2.05) is 74.2 Å². The van der Waals surface area contributed by atoms with Gasteiger partial charge in [-0.15, -0.1) is 0 Å². The van der Waals surface area contributed by atoms with Gasteiger partial charge in [-0.2, -0.15) is 5.10 Å². The molecule has 1 saturated heterocycles. The molecule has 2 aromatic carbocycles. The first-order valence-corrected chi connectivity index (χ1v) is 11.7. The van der Waals surface area contributed by atoms with Gasteiger partial charge in [-0.1, -0.05) is 49.2 Å². The molecule has 3 aromatic rings. The molecular weight excluding hydrogens is 436 g/mol. The molecule has 0 bridgehead atoms. The number of carbonyl (C=O) groups is 2. The zero-order valence-electron chi connectivity index (χ0n) is 19.2. The van der Waals surface area contributed by atoms with Crippen molar-refractivity contribution in [1.82, 2.24) is 20.0 Å². The molecule has 172 valence electrons. The number of carbonyl (C=O) groups excluding carboxylic acids is 2. The maximum atomic E-state index is 13.1. The summed E-state index contributed by atoms with van der Waals surface area (Å²) in [5.41, 5.74) is 4.09. The monoisotopic (exact) mass is 464 g/mol. The summed E-state index contributed by atoms with van der Waals surface area (Å²) in [4.78, 5) is 27.8. The molecule has 2 amide bonds. The number of halogens is 1. The molecule has 0 radical (unpaired) electrons. The number of nitrogens with one attached hydrogen (secondary N) is 1.